The summed E-state index contributed by atoms with van der Waals surface area (Å²) in [6, 6.07) is 0. The Bertz CT molecular complexity index is 56.0. The lowest BCUT2D eigenvalue weighted by atomic mass is 10.3. The molecule has 1 aliphatic rings. The monoisotopic (exact) mass is 104 g/mol. The lowest BCUT2D eigenvalue weighted by Crippen LogP contribution is -2.13. The van der Waals surface area contributed by atoms with Gasteiger partial charge in [-0.1, -0.05) is 5.04 Å². The van der Waals surface area contributed by atoms with E-state index in [0.29, 0.717) is 0 Å². The minimum Gasteiger partial charge on any atom is -0.200 e. The molecule has 0 amide bonds. The third kappa shape index (κ3) is 0.907. The van der Waals surface area contributed by atoms with E-state index in [1.54, 1.807) is 0 Å². The Kier molecular flexibility index (Phi) is 1.27. The highest BCUT2D eigenvalue weighted by Gasteiger charge is 2.22. The Morgan fingerprint density at radius 3 is 1.57 bits per heavy atom. The summed E-state index contributed by atoms with van der Waals surface area (Å²) in [4.78, 5) is 9.09. The molecular weight excluding hydrogens is 96.0 g/mol. The van der Waals surface area contributed by atoms with Crippen LogP contribution in [0.5, 0.6) is 0 Å². The van der Waals surface area contributed by atoms with Crippen molar-refractivity contribution in [3.63, 3.8) is 0 Å². The first-order chi connectivity index (χ1) is 3.30. The topological polar surface area (TPSA) is 27.7 Å². The van der Waals surface area contributed by atoms with Crippen molar-refractivity contribution in [1.82, 2.24) is 0 Å². The van der Waals surface area contributed by atoms with Crippen LogP contribution in [0.1, 0.15) is 13.8 Å². The SMILES string of the molecule is C[C@H]1OOO[C@@H]1C. The predicted molar refractivity (Wildman–Crippen MR) is 22.2 cm³/mol. The van der Waals surface area contributed by atoms with Crippen LogP contribution in [0.2, 0.25) is 0 Å². The van der Waals surface area contributed by atoms with Gasteiger partial charge in [-0.3, -0.25) is 0 Å². The molecule has 1 aliphatic heterocycles. The van der Waals surface area contributed by atoms with Crippen LogP contribution in [-0.2, 0) is 14.8 Å². The normalized spacial score (nSPS) is 42.0. The van der Waals surface area contributed by atoms with E-state index in [4.69, 9.17) is 0 Å². The van der Waals surface area contributed by atoms with Crippen molar-refractivity contribution >= 4 is 0 Å². The zero-order chi connectivity index (χ0) is 5.28. The first kappa shape index (κ1) is 5.03. The van der Waals surface area contributed by atoms with E-state index >= 15 is 0 Å². The van der Waals surface area contributed by atoms with E-state index < -0.39 is 0 Å². The van der Waals surface area contributed by atoms with Crippen LogP contribution < -0.4 is 0 Å². The van der Waals surface area contributed by atoms with E-state index in [0.717, 1.165) is 0 Å². The van der Waals surface area contributed by atoms with Gasteiger partial charge < -0.3 is 0 Å². The van der Waals surface area contributed by atoms with Crippen molar-refractivity contribution in [3.05, 3.63) is 0 Å². The third-order valence-electron chi connectivity index (χ3n) is 1.04. The van der Waals surface area contributed by atoms with Crippen LogP contribution in [0.4, 0.5) is 0 Å². The molecule has 2 atom stereocenters. The van der Waals surface area contributed by atoms with Gasteiger partial charge >= 0.3 is 0 Å². The molecule has 1 saturated heterocycles. The molecule has 0 aromatic carbocycles. The lowest BCUT2D eigenvalue weighted by Gasteiger charge is -1.96. The first-order valence-electron chi connectivity index (χ1n) is 2.29. The summed E-state index contributed by atoms with van der Waals surface area (Å²) < 4.78 is 0. The van der Waals surface area contributed by atoms with Crippen LogP contribution in [0.15, 0.2) is 0 Å². The van der Waals surface area contributed by atoms with Crippen LogP contribution in [0.25, 0.3) is 0 Å². The van der Waals surface area contributed by atoms with E-state index in [2.05, 4.69) is 14.8 Å². The molecule has 0 aliphatic carbocycles. The molecular formula is C4H8O3. The fourth-order valence-corrected chi connectivity index (χ4v) is 0.303. The second kappa shape index (κ2) is 1.78. The molecule has 3 heteroatoms. The number of hydrogen-bond donors (Lipinski definition) is 0. The molecule has 1 rings (SSSR count). The maximum absolute atomic E-state index is 4.54. The number of rotatable bonds is 0. The Morgan fingerprint density at radius 1 is 1.00 bits per heavy atom. The molecule has 7 heavy (non-hydrogen) atoms. The van der Waals surface area contributed by atoms with E-state index in [1.807, 2.05) is 13.8 Å². The molecule has 0 aromatic rings. The number of hydrogen-bond acceptors (Lipinski definition) is 3. The first-order valence-corrected chi connectivity index (χ1v) is 2.29. The summed E-state index contributed by atoms with van der Waals surface area (Å²) in [5.41, 5.74) is 0. The quantitative estimate of drug-likeness (QED) is 0.422. The molecule has 1 heterocycles. The zero-order valence-electron chi connectivity index (χ0n) is 4.38. The second-order valence-corrected chi connectivity index (χ2v) is 1.67. The average Bonchev–Trinajstić information content (AvgIpc) is 1.91. The highest BCUT2D eigenvalue weighted by molar-refractivity contribution is 4.56. The van der Waals surface area contributed by atoms with Gasteiger partial charge in [0.15, 0.2) is 0 Å². The summed E-state index contributed by atoms with van der Waals surface area (Å²) in [7, 11) is 0. The highest BCUT2D eigenvalue weighted by Crippen LogP contribution is 2.11. The molecule has 0 N–H and O–H groups in total. The van der Waals surface area contributed by atoms with Gasteiger partial charge in [0.2, 0.25) is 0 Å². The summed E-state index contributed by atoms with van der Waals surface area (Å²) in [5.74, 6) is 0. The Morgan fingerprint density at radius 2 is 1.43 bits per heavy atom. The third-order valence-corrected chi connectivity index (χ3v) is 1.04. The maximum atomic E-state index is 4.54. The highest BCUT2D eigenvalue weighted by atomic mass is 17.5. The van der Waals surface area contributed by atoms with E-state index in [9.17, 15) is 0 Å². The van der Waals surface area contributed by atoms with E-state index in [-0.39, 0.29) is 12.2 Å². The van der Waals surface area contributed by atoms with Crippen LogP contribution in [-0.4, -0.2) is 12.2 Å². The van der Waals surface area contributed by atoms with Crippen molar-refractivity contribution < 1.29 is 14.8 Å². The van der Waals surface area contributed by atoms with Gasteiger partial charge in [0.25, 0.3) is 0 Å². The molecule has 42 valence electrons. The fraction of sp³-hybridized carbons (Fsp3) is 1.00. The van der Waals surface area contributed by atoms with Gasteiger partial charge in [-0.25, -0.2) is 9.78 Å². The standard InChI is InChI=1S/C4H8O3/c1-3-4(2)6-7-5-3/h3-4H,1-2H3/t3-,4-/m1/s1. The van der Waals surface area contributed by atoms with Gasteiger partial charge in [-0.2, -0.15) is 0 Å². The van der Waals surface area contributed by atoms with Gasteiger partial charge in [0.1, 0.15) is 12.2 Å². The minimum atomic E-state index is 0.0694. The van der Waals surface area contributed by atoms with Gasteiger partial charge in [-0.15, -0.1) is 0 Å². The van der Waals surface area contributed by atoms with Crippen molar-refractivity contribution in [1.29, 1.82) is 0 Å². The summed E-state index contributed by atoms with van der Waals surface area (Å²) in [6.07, 6.45) is 0.139. The Hall–Kier alpha value is -0.120. The Balaban J connectivity index is 2.33. The fourth-order valence-electron chi connectivity index (χ4n) is 0.303. The van der Waals surface area contributed by atoms with Gasteiger partial charge in [0, 0.05) is 0 Å². The molecule has 0 radical (unpaired) electrons. The molecule has 0 spiro atoms. The van der Waals surface area contributed by atoms with Crippen molar-refractivity contribution in [2.75, 3.05) is 0 Å². The maximum Gasteiger partial charge on any atom is 0.122 e. The van der Waals surface area contributed by atoms with Crippen LogP contribution in [0, 0.1) is 0 Å². The smallest absolute Gasteiger partial charge is 0.122 e. The van der Waals surface area contributed by atoms with Crippen LogP contribution in [0.3, 0.4) is 0 Å². The zero-order valence-corrected chi connectivity index (χ0v) is 4.38. The summed E-state index contributed by atoms with van der Waals surface area (Å²) >= 11 is 0. The summed E-state index contributed by atoms with van der Waals surface area (Å²) in [5, 5.41) is 4.17. The van der Waals surface area contributed by atoms with Gasteiger partial charge in [0.05, 0.1) is 0 Å². The predicted octanol–water partition coefficient (Wildman–Crippen LogP) is 0.657. The summed E-state index contributed by atoms with van der Waals surface area (Å²) in [6.45, 7) is 3.77. The average molecular weight is 104 g/mol. The van der Waals surface area contributed by atoms with E-state index in [1.165, 1.54) is 0 Å². The largest absolute Gasteiger partial charge is 0.200 e. The lowest BCUT2D eigenvalue weighted by molar-refractivity contribution is -0.464. The van der Waals surface area contributed by atoms with Crippen molar-refractivity contribution in [2.24, 2.45) is 0 Å². The van der Waals surface area contributed by atoms with Crippen LogP contribution >= 0.6 is 0 Å². The second-order valence-electron chi connectivity index (χ2n) is 1.67. The molecule has 0 saturated carbocycles. The minimum absolute atomic E-state index is 0.0694. The van der Waals surface area contributed by atoms with Crippen molar-refractivity contribution in [2.45, 2.75) is 26.1 Å². The van der Waals surface area contributed by atoms with Gasteiger partial charge in [-0.05, 0) is 13.8 Å². The molecule has 1 fully saturated rings. The molecule has 0 unspecified atom stereocenters. The molecule has 0 aromatic heterocycles. The Labute approximate surface area is 42.0 Å². The van der Waals surface area contributed by atoms with Crippen molar-refractivity contribution in [3.8, 4) is 0 Å². The molecule has 3 nitrogen and oxygen atoms in total. The molecule has 0 bridgehead atoms.